The Balaban J connectivity index is 3.38. The minimum atomic E-state index is -5.51. The number of pyridine rings is 1. The van der Waals surface area contributed by atoms with Crippen molar-refractivity contribution < 1.29 is 31.1 Å². The molecule has 0 saturated heterocycles. The standard InChI is InChI=1S/C13H16F6N2O/c1-3-7(4-2)22-11-8(5-6-9(20)21-11)10(12(14,15)16)13(17,18)19/h5-7,10H,3-4H2,1-2H3,(H2,20,21). The van der Waals surface area contributed by atoms with Gasteiger partial charge in [-0.05, 0) is 25.0 Å². The van der Waals surface area contributed by atoms with Crippen LogP contribution < -0.4 is 10.5 Å². The van der Waals surface area contributed by atoms with Gasteiger partial charge in [-0.1, -0.05) is 13.8 Å². The van der Waals surface area contributed by atoms with Crippen molar-refractivity contribution in [1.29, 1.82) is 0 Å². The van der Waals surface area contributed by atoms with E-state index in [1.54, 1.807) is 13.8 Å². The van der Waals surface area contributed by atoms with Gasteiger partial charge in [0.2, 0.25) is 5.88 Å². The van der Waals surface area contributed by atoms with Gasteiger partial charge in [0, 0.05) is 5.56 Å². The first kappa shape index (κ1) is 18.4. The monoisotopic (exact) mass is 330 g/mol. The molecule has 0 fully saturated rings. The van der Waals surface area contributed by atoms with E-state index in [1.807, 2.05) is 0 Å². The lowest BCUT2D eigenvalue weighted by molar-refractivity contribution is -0.254. The van der Waals surface area contributed by atoms with Crippen molar-refractivity contribution in [3.63, 3.8) is 0 Å². The zero-order chi connectivity index (χ0) is 17.1. The van der Waals surface area contributed by atoms with Crippen molar-refractivity contribution in [2.75, 3.05) is 5.73 Å². The Labute approximate surface area is 123 Å². The minimum Gasteiger partial charge on any atom is -0.474 e. The molecular formula is C13H16F6N2O. The van der Waals surface area contributed by atoms with Gasteiger partial charge in [0.05, 0.1) is 6.10 Å². The average molecular weight is 330 g/mol. The number of nitrogens with two attached hydrogens (primary N) is 1. The quantitative estimate of drug-likeness (QED) is 0.812. The second-order valence-electron chi connectivity index (χ2n) is 4.70. The highest BCUT2D eigenvalue weighted by Gasteiger charge is 2.58. The lowest BCUT2D eigenvalue weighted by Crippen LogP contribution is -2.35. The predicted octanol–water partition coefficient (Wildman–Crippen LogP) is 4.44. The lowest BCUT2D eigenvalue weighted by atomic mass is 9.99. The van der Waals surface area contributed by atoms with E-state index in [-0.39, 0.29) is 5.82 Å². The maximum Gasteiger partial charge on any atom is 0.404 e. The molecule has 0 aliphatic rings. The molecule has 0 amide bonds. The van der Waals surface area contributed by atoms with E-state index in [2.05, 4.69) is 4.98 Å². The van der Waals surface area contributed by atoms with Crippen LogP contribution in [-0.4, -0.2) is 23.4 Å². The molecule has 2 N–H and O–H groups in total. The molecule has 0 unspecified atom stereocenters. The van der Waals surface area contributed by atoms with Crippen LogP contribution in [0.1, 0.15) is 38.2 Å². The third kappa shape index (κ3) is 4.41. The number of aromatic nitrogens is 1. The number of hydrogen-bond acceptors (Lipinski definition) is 3. The topological polar surface area (TPSA) is 48.1 Å². The SMILES string of the molecule is CCC(CC)Oc1nc(N)ccc1C(C(F)(F)F)C(F)(F)F. The highest BCUT2D eigenvalue weighted by atomic mass is 19.4. The van der Waals surface area contributed by atoms with Gasteiger partial charge in [-0.2, -0.15) is 31.3 Å². The summed E-state index contributed by atoms with van der Waals surface area (Å²) in [6.07, 6.45) is -10.7. The molecule has 0 atom stereocenters. The first-order chi connectivity index (χ1) is 10.0. The van der Waals surface area contributed by atoms with Gasteiger partial charge in [-0.3, -0.25) is 0 Å². The summed E-state index contributed by atoms with van der Waals surface area (Å²) in [5.41, 5.74) is 4.27. The van der Waals surface area contributed by atoms with Crippen LogP contribution in [0, 0.1) is 0 Å². The van der Waals surface area contributed by atoms with E-state index in [0.717, 1.165) is 6.07 Å². The number of hydrogen-bond donors (Lipinski definition) is 1. The Morgan fingerprint density at radius 1 is 1.05 bits per heavy atom. The average Bonchev–Trinajstić information content (AvgIpc) is 2.35. The van der Waals surface area contributed by atoms with Crippen LogP contribution in [0.25, 0.3) is 0 Å². The largest absolute Gasteiger partial charge is 0.474 e. The summed E-state index contributed by atoms with van der Waals surface area (Å²) in [6.45, 7) is 3.40. The fourth-order valence-corrected chi connectivity index (χ4v) is 1.93. The molecule has 1 heterocycles. The van der Waals surface area contributed by atoms with Gasteiger partial charge < -0.3 is 10.5 Å². The van der Waals surface area contributed by atoms with Crippen LogP contribution in [0.15, 0.2) is 12.1 Å². The minimum absolute atomic E-state index is 0.215. The summed E-state index contributed by atoms with van der Waals surface area (Å²) >= 11 is 0. The van der Waals surface area contributed by atoms with Gasteiger partial charge in [0.25, 0.3) is 0 Å². The molecule has 0 bridgehead atoms. The molecule has 1 rings (SSSR count). The van der Waals surface area contributed by atoms with E-state index < -0.39 is 35.8 Å². The molecule has 1 aromatic heterocycles. The fourth-order valence-electron chi connectivity index (χ4n) is 1.93. The molecule has 0 spiro atoms. The molecule has 0 aliphatic carbocycles. The summed E-state index contributed by atoms with van der Waals surface area (Å²) in [4.78, 5) is 3.51. The summed E-state index contributed by atoms with van der Waals surface area (Å²) in [5, 5.41) is 0. The van der Waals surface area contributed by atoms with Gasteiger partial charge in [0.1, 0.15) is 5.82 Å². The van der Waals surface area contributed by atoms with E-state index in [1.165, 1.54) is 0 Å². The molecule has 3 nitrogen and oxygen atoms in total. The van der Waals surface area contributed by atoms with E-state index >= 15 is 0 Å². The molecule has 1 aromatic rings. The Bertz CT molecular complexity index is 482. The smallest absolute Gasteiger partial charge is 0.404 e. The molecular weight excluding hydrogens is 314 g/mol. The molecule has 22 heavy (non-hydrogen) atoms. The summed E-state index contributed by atoms with van der Waals surface area (Å²) in [7, 11) is 0. The molecule has 9 heteroatoms. The third-order valence-corrected chi connectivity index (χ3v) is 3.07. The zero-order valence-electron chi connectivity index (χ0n) is 11.9. The van der Waals surface area contributed by atoms with Crippen molar-refractivity contribution in [2.24, 2.45) is 0 Å². The van der Waals surface area contributed by atoms with Crippen LogP contribution in [-0.2, 0) is 0 Å². The molecule has 0 aromatic carbocycles. The number of nitrogens with zero attached hydrogens (tertiary/aromatic N) is 1. The number of nitrogen functional groups attached to an aromatic ring is 1. The number of rotatable bonds is 5. The van der Waals surface area contributed by atoms with Crippen LogP contribution in [0.5, 0.6) is 5.88 Å². The second-order valence-corrected chi connectivity index (χ2v) is 4.70. The van der Waals surface area contributed by atoms with Gasteiger partial charge in [0.15, 0.2) is 5.92 Å². The maximum atomic E-state index is 12.8. The number of ether oxygens (including phenoxy) is 1. The number of alkyl halides is 6. The summed E-state index contributed by atoms with van der Waals surface area (Å²) in [5.74, 6) is -4.61. The van der Waals surface area contributed by atoms with Crippen LogP contribution >= 0.6 is 0 Å². The number of halogens is 6. The Kier molecular flexibility index (Phi) is 5.53. The Morgan fingerprint density at radius 3 is 1.95 bits per heavy atom. The summed E-state index contributed by atoms with van der Waals surface area (Å²) < 4.78 is 82.3. The summed E-state index contributed by atoms with van der Waals surface area (Å²) in [6, 6.07) is 1.55. The number of anilines is 1. The first-order valence-electron chi connectivity index (χ1n) is 6.57. The van der Waals surface area contributed by atoms with Crippen molar-refractivity contribution in [3.05, 3.63) is 17.7 Å². The van der Waals surface area contributed by atoms with Crippen molar-refractivity contribution in [2.45, 2.75) is 51.1 Å². The fraction of sp³-hybridized carbons (Fsp3) is 0.615. The third-order valence-electron chi connectivity index (χ3n) is 3.07. The van der Waals surface area contributed by atoms with Crippen molar-refractivity contribution in [3.8, 4) is 5.88 Å². The Hall–Kier alpha value is -1.67. The van der Waals surface area contributed by atoms with Gasteiger partial charge in [-0.25, -0.2) is 0 Å². The molecule has 0 aliphatic heterocycles. The lowest BCUT2D eigenvalue weighted by Gasteiger charge is -2.26. The maximum absolute atomic E-state index is 12.8. The van der Waals surface area contributed by atoms with Gasteiger partial charge >= 0.3 is 12.4 Å². The second kappa shape index (κ2) is 6.62. The highest BCUT2D eigenvalue weighted by molar-refractivity contribution is 5.41. The Morgan fingerprint density at radius 2 is 1.55 bits per heavy atom. The van der Waals surface area contributed by atoms with E-state index in [4.69, 9.17) is 10.5 Å². The van der Waals surface area contributed by atoms with Crippen molar-refractivity contribution in [1.82, 2.24) is 4.98 Å². The van der Waals surface area contributed by atoms with Crippen molar-refractivity contribution >= 4 is 5.82 Å². The van der Waals surface area contributed by atoms with E-state index in [9.17, 15) is 26.3 Å². The zero-order valence-corrected chi connectivity index (χ0v) is 11.9. The van der Waals surface area contributed by atoms with Crippen LogP contribution in [0.2, 0.25) is 0 Å². The molecule has 0 radical (unpaired) electrons. The molecule has 126 valence electrons. The van der Waals surface area contributed by atoms with Crippen LogP contribution in [0.3, 0.4) is 0 Å². The van der Waals surface area contributed by atoms with Crippen LogP contribution in [0.4, 0.5) is 32.2 Å². The normalized spacial score (nSPS) is 13.0. The first-order valence-corrected chi connectivity index (χ1v) is 6.57. The van der Waals surface area contributed by atoms with E-state index in [0.29, 0.717) is 18.9 Å². The molecule has 0 saturated carbocycles. The predicted molar refractivity (Wildman–Crippen MR) is 68.5 cm³/mol. The highest BCUT2D eigenvalue weighted by Crippen LogP contribution is 2.48. The van der Waals surface area contributed by atoms with Gasteiger partial charge in [-0.15, -0.1) is 0 Å².